The summed E-state index contributed by atoms with van der Waals surface area (Å²) in [6, 6.07) is 13.0. The molecule has 0 saturated carbocycles. The molecule has 2 rings (SSSR count). The summed E-state index contributed by atoms with van der Waals surface area (Å²) in [7, 11) is 1.52. The number of carbonyl (C=O) groups is 1. The van der Waals surface area contributed by atoms with Gasteiger partial charge in [-0.15, -0.1) is 0 Å². The van der Waals surface area contributed by atoms with Crippen LogP contribution >= 0.6 is 0 Å². The molecule has 0 fully saturated rings. The SMILES string of the molecule is COc1cccc(C(=O)C=Cc2ccccc2[N+](=O)[O-])c1. The van der Waals surface area contributed by atoms with E-state index in [2.05, 4.69) is 0 Å². The Labute approximate surface area is 121 Å². The number of nitro groups is 1. The Morgan fingerprint density at radius 1 is 1.19 bits per heavy atom. The van der Waals surface area contributed by atoms with Crippen molar-refractivity contribution in [2.75, 3.05) is 7.11 Å². The first-order chi connectivity index (χ1) is 10.1. The van der Waals surface area contributed by atoms with Crippen molar-refractivity contribution in [3.05, 3.63) is 75.8 Å². The third-order valence-electron chi connectivity index (χ3n) is 2.90. The number of hydrogen-bond acceptors (Lipinski definition) is 4. The topological polar surface area (TPSA) is 69.4 Å². The largest absolute Gasteiger partial charge is 0.497 e. The number of benzene rings is 2. The molecule has 0 aliphatic carbocycles. The molecule has 0 amide bonds. The number of carbonyl (C=O) groups excluding carboxylic acids is 1. The molecule has 2 aromatic carbocycles. The number of ketones is 1. The minimum absolute atomic E-state index is 0.0350. The van der Waals surface area contributed by atoms with Crippen LogP contribution < -0.4 is 4.74 Å². The highest BCUT2D eigenvalue weighted by atomic mass is 16.6. The number of para-hydroxylation sites is 1. The van der Waals surface area contributed by atoms with Gasteiger partial charge in [-0.3, -0.25) is 14.9 Å². The van der Waals surface area contributed by atoms with Crippen LogP contribution in [0, 0.1) is 10.1 Å². The van der Waals surface area contributed by atoms with Gasteiger partial charge in [-0.2, -0.15) is 0 Å². The lowest BCUT2D eigenvalue weighted by Crippen LogP contribution is -1.95. The molecular formula is C16H13NO4. The number of rotatable bonds is 5. The fourth-order valence-electron chi connectivity index (χ4n) is 1.83. The molecule has 0 aliphatic rings. The maximum absolute atomic E-state index is 12.1. The molecule has 0 bridgehead atoms. The Kier molecular flexibility index (Phi) is 4.46. The van der Waals surface area contributed by atoms with Crippen molar-refractivity contribution in [3.8, 4) is 5.75 Å². The Hall–Kier alpha value is -2.95. The number of methoxy groups -OCH3 is 1. The molecular weight excluding hydrogens is 270 g/mol. The molecule has 5 heteroatoms. The summed E-state index contributed by atoms with van der Waals surface area (Å²) in [4.78, 5) is 22.5. The Bertz CT molecular complexity index is 707. The lowest BCUT2D eigenvalue weighted by atomic mass is 10.1. The predicted octanol–water partition coefficient (Wildman–Crippen LogP) is 3.50. The third-order valence-corrected chi connectivity index (χ3v) is 2.90. The molecule has 0 aliphatic heterocycles. The number of hydrogen-bond donors (Lipinski definition) is 0. The highest BCUT2D eigenvalue weighted by molar-refractivity contribution is 6.07. The van der Waals surface area contributed by atoms with Gasteiger partial charge in [0.25, 0.3) is 5.69 Å². The standard InChI is InChI=1S/C16H13NO4/c1-21-14-7-4-6-13(11-14)16(18)10-9-12-5-2-3-8-15(12)17(19)20/h2-11H,1H3. The van der Waals surface area contributed by atoms with Crippen LogP contribution in [0.1, 0.15) is 15.9 Å². The molecule has 106 valence electrons. The molecule has 0 N–H and O–H groups in total. The van der Waals surface area contributed by atoms with E-state index in [1.165, 1.54) is 25.3 Å². The Balaban J connectivity index is 2.25. The highest BCUT2D eigenvalue weighted by Gasteiger charge is 2.10. The van der Waals surface area contributed by atoms with Crippen LogP contribution in [-0.2, 0) is 0 Å². The van der Waals surface area contributed by atoms with Crippen molar-refractivity contribution in [2.24, 2.45) is 0 Å². The molecule has 0 saturated heterocycles. The van der Waals surface area contributed by atoms with Gasteiger partial charge in [0.1, 0.15) is 5.75 Å². The van der Waals surface area contributed by atoms with E-state index in [4.69, 9.17) is 4.74 Å². The van der Waals surface area contributed by atoms with Crippen molar-refractivity contribution in [1.82, 2.24) is 0 Å². The summed E-state index contributed by atoms with van der Waals surface area (Å²) in [6.45, 7) is 0. The van der Waals surface area contributed by atoms with Crippen LogP contribution in [0.25, 0.3) is 6.08 Å². The maximum Gasteiger partial charge on any atom is 0.276 e. The summed E-state index contributed by atoms with van der Waals surface area (Å²) in [6.07, 6.45) is 2.76. The zero-order chi connectivity index (χ0) is 15.2. The van der Waals surface area contributed by atoms with E-state index in [1.807, 2.05) is 0 Å². The second-order valence-corrected chi connectivity index (χ2v) is 4.25. The van der Waals surface area contributed by atoms with Crippen molar-refractivity contribution in [2.45, 2.75) is 0 Å². The molecule has 0 aromatic heterocycles. The molecule has 0 heterocycles. The molecule has 2 aromatic rings. The van der Waals surface area contributed by atoms with Gasteiger partial charge in [0, 0.05) is 11.6 Å². The van der Waals surface area contributed by atoms with E-state index < -0.39 is 4.92 Å². The van der Waals surface area contributed by atoms with Crippen LogP contribution in [0.3, 0.4) is 0 Å². The number of nitrogens with zero attached hydrogens (tertiary/aromatic N) is 1. The first-order valence-corrected chi connectivity index (χ1v) is 6.21. The smallest absolute Gasteiger partial charge is 0.276 e. The number of nitro benzene ring substituents is 1. The first kappa shape index (κ1) is 14.5. The fraction of sp³-hybridized carbons (Fsp3) is 0.0625. The van der Waals surface area contributed by atoms with E-state index in [9.17, 15) is 14.9 Å². The van der Waals surface area contributed by atoms with E-state index in [0.717, 1.165) is 0 Å². The molecule has 21 heavy (non-hydrogen) atoms. The van der Waals surface area contributed by atoms with E-state index in [0.29, 0.717) is 16.9 Å². The average Bonchev–Trinajstić information content (AvgIpc) is 2.52. The lowest BCUT2D eigenvalue weighted by Gasteiger charge is -2.01. The van der Waals surface area contributed by atoms with E-state index >= 15 is 0 Å². The molecule has 0 spiro atoms. The normalized spacial score (nSPS) is 10.5. The van der Waals surface area contributed by atoms with Crippen LogP contribution in [0.2, 0.25) is 0 Å². The first-order valence-electron chi connectivity index (χ1n) is 6.21. The van der Waals surface area contributed by atoms with Crippen molar-refractivity contribution in [3.63, 3.8) is 0 Å². The summed E-state index contributed by atoms with van der Waals surface area (Å²) in [5.41, 5.74) is 0.815. The molecule has 5 nitrogen and oxygen atoms in total. The van der Waals surface area contributed by atoms with Crippen molar-refractivity contribution in [1.29, 1.82) is 0 Å². The Morgan fingerprint density at radius 3 is 2.67 bits per heavy atom. The van der Waals surface area contributed by atoms with Crippen LogP contribution in [0.5, 0.6) is 5.75 Å². The summed E-state index contributed by atoms with van der Waals surface area (Å²) in [5.74, 6) is 0.340. The highest BCUT2D eigenvalue weighted by Crippen LogP contribution is 2.20. The molecule has 0 unspecified atom stereocenters. The molecule has 0 atom stereocenters. The van der Waals surface area contributed by atoms with Gasteiger partial charge in [0.15, 0.2) is 5.78 Å². The fourth-order valence-corrected chi connectivity index (χ4v) is 1.83. The van der Waals surface area contributed by atoms with Crippen LogP contribution in [0.4, 0.5) is 5.69 Å². The van der Waals surface area contributed by atoms with Gasteiger partial charge in [-0.05, 0) is 30.4 Å². The second-order valence-electron chi connectivity index (χ2n) is 4.25. The third kappa shape index (κ3) is 3.54. The van der Waals surface area contributed by atoms with Crippen molar-refractivity contribution >= 4 is 17.5 Å². The maximum atomic E-state index is 12.1. The summed E-state index contributed by atoms with van der Waals surface area (Å²) in [5, 5.41) is 10.9. The number of allylic oxidation sites excluding steroid dienone is 1. The minimum atomic E-state index is -0.476. The van der Waals surface area contributed by atoms with Gasteiger partial charge in [-0.1, -0.05) is 24.3 Å². The number of ether oxygens (including phenoxy) is 1. The average molecular weight is 283 g/mol. The van der Waals surface area contributed by atoms with Crippen molar-refractivity contribution < 1.29 is 14.5 Å². The zero-order valence-corrected chi connectivity index (χ0v) is 11.4. The van der Waals surface area contributed by atoms with Crippen LogP contribution in [-0.4, -0.2) is 17.8 Å². The minimum Gasteiger partial charge on any atom is -0.497 e. The van der Waals surface area contributed by atoms with Gasteiger partial charge < -0.3 is 4.74 Å². The summed E-state index contributed by atoms with van der Waals surface area (Å²) < 4.78 is 5.05. The quantitative estimate of drug-likeness (QED) is 0.364. The van der Waals surface area contributed by atoms with Gasteiger partial charge in [-0.25, -0.2) is 0 Å². The second kappa shape index (κ2) is 6.47. The van der Waals surface area contributed by atoms with Crippen LogP contribution in [0.15, 0.2) is 54.6 Å². The lowest BCUT2D eigenvalue weighted by molar-refractivity contribution is -0.385. The Morgan fingerprint density at radius 2 is 1.95 bits per heavy atom. The van der Waals surface area contributed by atoms with E-state index in [1.54, 1.807) is 42.5 Å². The van der Waals surface area contributed by atoms with Gasteiger partial charge in [0.05, 0.1) is 17.6 Å². The molecule has 0 radical (unpaired) electrons. The monoisotopic (exact) mass is 283 g/mol. The van der Waals surface area contributed by atoms with Gasteiger partial charge >= 0.3 is 0 Å². The predicted molar refractivity (Wildman–Crippen MR) is 79.5 cm³/mol. The zero-order valence-electron chi connectivity index (χ0n) is 11.4. The summed E-state index contributed by atoms with van der Waals surface area (Å²) >= 11 is 0. The van der Waals surface area contributed by atoms with E-state index in [-0.39, 0.29) is 11.5 Å². The van der Waals surface area contributed by atoms with Gasteiger partial charge in [0.2, 0.25) is 0 Å².